The van der Waals surface area contributed by atoms with Crippen LogP contribution in [0.1, 0.15) is 55.8 Å². The van der Waals surface area contributed by atoms with Crippen molar-refractivity contribution >= 4 is 21.4 Å². The highest BCUT2D eigenvalue weighted by Gasteiger charge is 2.26. The summed E-state index contributed by atoms with van der Waals surface area (Å²) in [6, 6.07) is 9.47. The van der Waals surface area contributed by atoms with Gasteiger partial charge in [-0.3, -0.25) is 4.21 Å². The summed E-state index contributed by atoms with van der Waals surface area (Å²) in [5, 5.41) is 9.29. The molecule has 2 unspecified atom stereocenters. The predicted molar refractivity (Wildman–Crippen MR) is 147 cm³/mol. The highest BCUT2D eigenvalue weighted by Crippen LogP contribution is 2.31. The molecule has 2 aliphatic rings. The molecule has 4 rings (SSSR count). The zero-order valence-corrected chi connectivity index (χ0v) is 22.9. The highest BCUT2D eigenvalue weighted by atomic mass is 32.2. The molecule has 0 amide bonds. The van der Waals surface area contributed by atoms with E-state index in [-0.39, 0.29) is 30.7 Å². The van der Waals surface area contributed by atoms with Crippen LogP contribution >= 0.6 is 0 Å². The molecule has 37 heavy (non-hydrogen) atoms. The fraction of sp³-hybridized carbons (Fsp3) is 0.483. The Kier molecular flexibility index (Phi) is 8.82. The number of halogens is 1. The van der Waals surface area contributed by atoms with E-state index in [0.29, 0.717) is 36.4 Å². The Hall–Kier alpha value is -2.55. The first kappa shape index (κ1) is 27.5. The number of hydrogen-bond donors (Lipinski definition) is 1. The lowest BCUT2D eigenvalue weighted by atomic mass is 9.90. The standard InChI is InChI=1S/C29H37FN2O4S/c1-5-24(36-26-15-25(17-33)35-18-26)16-28-19(2)14-27(30)29(31-28)22-8-6-20(7-9-22)21-10-12-23(13-11-21)32-37(3,4)34/h6-10,14,16,23,25-26,33H,5,11-13,15,17-18H2,1-4H3/b24-16+/t23?,25?,26-/m0/s1. The molecule has 1 fully saturated rings. The lowest BCUT2D eigenvalue weighted by Gasteiger charge is -2.19. The van der Waals surface area contributed by atoms with Gasteiger partial charge in [0.15, 0.2) is 0 Å². The van der Waals surface area contributed by atoms with E-state index in [1.807, 2.05) is 44.2 Å². The summed E-state index contributed by atoms with van der Waals surface area (Å²) in [5.41, 5.74) is 4.76. The Labute approximate surface area is 219 Å². The molecular formula is C29H37FN2O4S. The van der Waals surface area contributed by atoms with Gasteiger partial charge in [0.1, 0.15) is 17.6 Å². The molecule has 0 radical (unpaired) electrons. The second-order valence-electron chi connectivity index (χ2n) is 10.1. The van der Waals surface area contributed by atoms with Crippen molar-refractivity contribution in [2.24, 2.45) is 4.36 Å². The molecule has 1 aromatic carbocycles. The molecule has 8 heteroatoms. The third kappa shape index (κ3) is 7.27. The van der Waals surface area contributed by atoms with Crippen LogP contribution in [0.25, 0.3) is 22.9 Å². The Morgan fingerprint density at radius 1 is 1.30 bits per heavy atom. The number of pyridine rings is 1. The Balaban J connectivity index is 1.52. The zero-order valence-electron chi connectivity index (χ0n) is 22.1. The van der Waals surface area contributed by atoms with E-state index in [2.05, 4.69) is 15.4 Å². The van der Waals surface area contributed by atoms with Gasteiger partial charge in [-0.05, 0) is 49.0 Å². The Morgan fingerprint density at radius 3 is 2.62 bits per heavy atom. The van der Waals surface area contributed by atoms with Crippen LogP contribution in [0.2, 0.25) is 0 Å². The highest BCUT2D eigenvalue weighted by molar-refractivity contribution is 7.92. The van der Waals surface area contributed by atoms with Crippen molar-refractivity contribution in [3.8, 4) is 11.3 Å². The van der Waals surface area contributed by atoms with Gasteiger partial charge in [-0.1, -0.05) is 37.3 Å². The fourth-order valence-corrected chi connectivity index (χ4v) is 5.70. The first-order valence-electron chi connectivity index (χ1n) is 12.9. The van der Waals surface area contributed by atoms with Crippen LogP contribution in [-0.2, 0) is 19.2 Å². The number of hydrogen-bond acceptors (Lipinski definition) is 6. The molecule has 1 aromatic heterocycles. The van der Waals surface area contributed by atoms with Gasteiger partial charge in [0.2, 0.25) is 0 Å². The monoisotopic (exact) mass is 528 g/mol. The maximum Gasteiger partial charge on any atom is 0.149 e. The molecule has 1 N–H and O–H groups in total. The molecule has 2 heterocycles. The summed E-state index contributed by atoms with van der Waals surface area (Å²) >= 11 is 0. The number of aromatic nitrogens is 1. The summed E-state index contributed by atoms with van der Waals surface area (Å²) in [6.45, 7) is 4.27. The van der Waals surface area contributed by atoms with Crippen LogP contribution in [0.5, 0.6) is 0 Å². The van der Waals surface area contributed by atoms with Gasteiger partial charge in [0, 0.05) is 46.7 Å². The molecule has 200 valence electrons. The molecular weight excluding hydrogens is 491 g/mol. The average molecular weight is 529 g/mol. The van der Waals surface area contributed by atoms with Gasteiger partial charge in [-0.15, -0.1) is 0 Å². The van der Waals surface area contributed by atoms with E-state index in [1.165, 1.54) is 11.6 Å². The van der Waals surface area contributed by atoms with Crippen molar-refractivity contribution in [1.82, 2.24) is 4.98 Å². The summed E-state index contributed by atoms with van der Waals surface area (Å²) in [6.07, 6.45) is 11.0. The molecule has 0 saturated carbocycles. The second-order valence-corrected chi connectivity index (χ2v) is 12.7. The third-order valence-electron chi connectivity index (χ3n) is 6.73. The number of aliphatic hydroxyl groups excluding tert-OH is 1. The second kappa shape index (κ2) is 11.9. The molecule has 1 saturated heterocycles. The SMILES string of the molecule is CC/C(=C\c1nc(-c2ccc(C3=CCC(N=S(C)(C)=O)CC3)cc2)c(F)cc1C)O[C@@H]1COC(CO)C1. The van der Waals surface area contributed by atoms with Gasteiger partial charge in [-0.2, -0.15) is 0 Å². The fourth-order valence-electron chi connectivity index (χ4n) is 4.79. The number of ether oxygens (including phenoxy) is 2. The first-order chi connectivity index (χ1) is 17.6. The van der Waals surface area contributed by atoms with Crippen LogP contribution in [0, 0.1) is 12.7 Å². The largest absolute Gasteiger partial charge is 0.492 e. The zero-order chi connectivity index (χ0) is 26.6. The van der Waals surface area contributed by atoms with Gasteiger partial charge in [-0.25, -0.2) is 13.7 Å². The number of nitrogens with zero attached hydrogens (tertiary/aromatic N) is 2. The van der Waals surface area contributed by atoms with Crippen molar-refractivity contribution in [3.63, 3.8) is 0 Å². The van der Waals surface area contributed by atoms with Crippen LogP contribution < -0.4 is 0 Å². The van der Waals surface area contributed by atoms with Crippen molar-refractivity contribution in [2.75, 3.05) is 25.7 Å². The summed E-state index contributed by atoms with van der Waals surface area (Å²) in [4.78, 5) is 4.66. The summed E-state index contributed by atoms with van der Waals surface area (Å²) < 4.78 is 43.0. The predicted octanol–water partition coefficient (Wildman–Crippen LogP) is 5.78. The van der Waals surface area contributed by atoms with Gasteiger partial charge >= 0.3 is 0 Å². The van der Waals surface area contributed by atoms with Crippen LogP contribution in [-0.4, -0.2) is 58.3 Å². The Morgan fingerprint density at radius 2 is 2.03 bits per heavy atom. The van der Waals surface area contributed by atoms with Crippen LogP contribution in [0.3, 0.4) is 0 Å². The number of allylic oxidation sites excluding steroid dienone is 2. The van der Waals surface area contributed by atoms with Crippen LogP contribution in [0.4, 0.5) is 4.39 Å². The van der Waals surface area contributed by atoms with Gasteiger partial charge in [0.05, 0.1) is 36.8 Å². The van der Waals surface area contributed by atoms with Crippen molar-refractivity contribution in [3.05, 3.63) is 64.8 Å². The lowest BCUT2D eigenvalue weighted by Crippen LogP contribution is -2.14. The molecule has 0 spiro atoms. The molecule has 3 atom stereocenters. The number of aliphatic hydroxyl groups is 1. The van der Waals surface area contributed by atoms with E-state index in [0.717, 1.165) is 36.1 Å². The van der Waals surface area contributed by atoms with E-state index < -0.39 is 9.73 Å². The lowest BCUT2D eigenvalue weighted by molar-refractivity contribution is 0.0463. The molecule has 6 nitrogen and oxygen atoms in total. The number of aryl methyl sites for hydroxylation is 1. The first-order valence-corrected chi connectivity index (χ1v) is 15.2. The van der Waals surface area contributed by atoms with E-state index in [1.54, 1.807) is 12.5 Å². The van der Waals surface area contributed by atoms with Gasteiger partial charge in [0.25, 0.3) is 0 Å². The minimum absolute atomic E-state index is 0.0139. The maximum absolute atomic E-state index is 15.0. The maximum atomic E-state index is 15.0. The minimum atomic E-state index is -2.10. The smallest absolute Gasteiger partial charge is 0.149 e. The Bertz CT molecular complexity index is 1290. The van der Waals surface area contributed by atoms with E-state index >= 15 is 0 Å². The van der Waals surface area contributed by atoms with E-state index in [9.17, 15) is 13.7 Å². The summed E-state index contributed by atoms with van der Waals surface area (Å²) in [5.74, 6) is 0.396. The number of rotatable bonds is 8. The molecule has 0 bridgehead atoms. The topological polar surface area (TPSA) is 81.0 Å². The number of benzene rings is 1. The normalized spacial score (nSPS) is 22.6. The van der Waals surface area contributed by atoms with Crippen molar-refractivity contribution < 1.29 is 23.2 Å². The van der Waals surface area contributed by atoms with Crippen molar-refractivity contribution in [2.45, 2.75) is 64.2 Å². The van der Waals surface area contributed by atoms with E-state index in [4.69, 9.17) is 9.47 Å². The minimum Gasteiger partial charge on any atom is -0.492 e. The molecule has 2 aromatic rings. The van der Waals surface area contributed by atoms with Crippen molar-refractivity contribution in [1.29, 1.82) is 0 Å². The molecule has 1 aliphatic carbocycles. The van der Waals surface area contributed by atoms with Gasteiger partial charge < -0.3 is 14.6 Å². The summed E-state index contributed by atoms with van der Waals surface area (Å²) in [7, 11) is -2.10. The van der Waals surface area contributed by atoms with Crippen LogP contribution in [0.15, 0.2) is 46.5 Å². The molecule has 1 aliphatic heterocycles. The quantitative estimate of drug-likeness (QED) is 0.440. The average Bonchev–Trinajstić information content (AvgIpc) is 3.32. The third-order valence-corrected chi connectivity index (χ3v) is 7.54.